The van der Waals surface area contributed by atoms with Gasteiger partial charge in [-0.2, -0.15) is 16.7 Å². The van der Waals surface area contributed by atoms with Crippen molar-refractivity contribution in [3.8, 4) is 0 Å². The van der Waals surface area contributed by atoms with Crippen molar-refractivity contribution in [2.45, 2.75) is 51.1 Å². The molecular weight excluding hydrogens is 300 g/mol. The van der Waals surface area contributed by atoms with Crippen molar-refractivity contribution in [2.24, 2.45) is 0 Å². The molecule has 7 heteroatoms. The molecule has 1 N–H and O–H groups in total. The Hall–Kier alpha value is -1.08. The number of rotatable bonds is 4. The van der Waals surface area contributed by atoms with E-state index in [0.717, 1.165) is 37.4 Å². The topological polar surface area (TPSA) is 71.3 Å². The molecule has 0 bridgehead atoms. The first-order valence-corrected chi connectivity index (χ1v) is 9.24. The largest absolute Gasteiger partial charge is 0.339 e. The molecule has 0 aliphatic carbocycles. The van der Waals surface area contributed by atoms with E-state index in [9.17, 15) is 4.79 Å². The molecule has 2 fully saturated rings. The van der Waals surface area contributed by atoms with Crippen molar-refractivity contribution in [1.29, 1.82) is 0 Å². The van der Waals surface area contributed by atoms with Gasteiger partial charge in [0.25, 0.3) is 0 Å². The quantitative estimate of drug-likeness (QED) is 0.913. The lowest BCUT2D eigenvalue weighted by atomic mass is 10.1. The normalized spacial score (nSPS) is 25.9. The molecule has 0 radical (unpaired) electrons. The Morgan fingerprint density at radius 1 is 1.55 bits per heavy atom. The maximum Gasteiger partial charge on any atom is 0.229 e. The number of nitrogens with one attached hydrogen (secondary N) is 1. The second kappa shape index (κ2) is 7.00. The SMILES string of the molecule is CC(C)c1nc(C2CCCN2C(=O)CC2CSCCN2)no1. The molecule has 122 valence electrons. The summed E-state index contributed by atoms with van der Waals surface area (Å²) >= 11 is 1.92. The second-order valence-electron chi connectivity index (χ2n) is 6.32. The van der Waals surface area contributed by atoms with Crippen molar-refractivity contribution in [3.05, 3.63) is 11.7 Å². The zero-order valence-electron chi connectivity index (χ0n) is 13.2. The van der Waals surface area contributed by atoms with Gasteiger partial charge in [0, 0.05) is 43.0 Å². The van der Waals surface area contributed by atoms with Crippen molar-refractivity contribution < 1.29 is 9.32 Å². The van der Waals surface area contributed by atoms with Crippen LogP contribution < -0.4 is 5.32 Å². The Morgan fingerprint density at radius 2 is 2.41 bits per heavy atom. The van der Waals surface area contributed by atoms with Crippen LogP contribution in [0.4, 0.5) is 0 Å². The fourth-order valence-corrected chi connectivity index (χ4v) is 3.98. The van der Waals surface area contributed by atoms with Crippen LogP contribution in [-0.4, -0.2) is 51.6 Å². The molecule has 3 rings (SSSR count). The lowest BCUT2D eigenvalue weighted by Gasteiger charge is -2.27. The molecule has 2 aliphatic heterocycles. The zero-order chi connectivity index (χ0) is 15.5. The molecule has 2 atom stereocenters. The molecule has 2 aliphatic rings. The molecular formula is C15H24N4O2S. The number of carbonyl (C=O) groups excluding carboxylic acids is 1. The van der Waals surface area contributed by atoms with Crippen LogP contribution in [0.3, 0.4) is 0 Å². The van der Waals surface area contributed by atoms with E-state index < -0.39 is 0 Å². The number of hydrogen-bond donors (Lipinski definition) is 1. The smallest absolute Gasteiger partial charge is 0.229 e. The molecule has 0 spiro atoms. The third-order valence-electron chi connectivity index (χ3n) is 4.24. The predicted molar refractivity (Wildman–Crippen MR) is 85.8 cm³/mol. The summed E-state index contributed by atoms with van der Waals surface area (Å²) in [6.07, 6.45) is 2.50. The number of thioether (sulfide) groups is 1. The molecule has 1 aromatic rings. The summed E-state index contributed by atoms with van der Waals surface area (Å²) < 4.78 is 5.30. The number of amides is 1. The number of likely N-dealkylation sites (tertiary alicyclic amines) is 1. The predicted octanol–water partition coefficient (Wildman–Crippen LogP) is 1.95. The fourth-order valence-electron chi connectivity index (χ4n) is 3.03. The summed E-state index contributed by atoms with van der Waals surface area (Å²) in [4.78, 5) is 19.0. The van der Waals surface area contributed by atoms with E-state index in [0.29, 0.717) is 24.2 Å². The van der Waals surface area contributed by atoms with Crippen LogP contribution in [0, 0.1) is 0 Å². The molecule has 3 heterocycles. The van der Waals surface area contributed by atoms with Gasteiger partial charge < -0.3 is 14.7 Å². The highest BCUT2D eigenvalue weighted by Gasteiger charge is 2.34. The van der Waals surface area contributed by atoms with Crippen molar-refractivity contribution in [3.63, 3.8) is 0 Å². The van der Waals surface area contributed by atoms with E-state index in [1.807, 2.05) is 30.5 Å². The van der Waals surface area contributed by atoms with Crippen LogP contribution in [0.25, 0.3) is 0 Å². The molecule has 1 aromatic heterocycles. The van der Waals surface area contributed by atoms with Crippen LogP contribution in [0.1, 0.15) is 56.8 Å². The monoisotopic (exact) mass is 324 g/mol. The average molecular weight is 324 g/mol. The van der Waals surface area contributed by atoms with Crippen LogP contribution in [0.15, 0.2) is 4.52 Å². The number of aromatic nitrogens is 2. The van der Waals surface area contributed by atoms with Gasteiger partial charge in [0.2, 0.25) is 11.8 Å². The van der Waals surface area contributed by atoms with Gasteiger partial charge in [0.1, 0.15) is 0 Å². The van der Waals surface area contributed by atoms with Crippen molar-refractivity contribution in [2.75, 3.05) is 24.6 Å². The van der Waals surface area contributed by atoms with Gasteiger partial charge in [-0.15, -0.1) is 0 Å². The standard InChI is InChI=1S/C15H24N4O2S/c1-10(2)15-17-14(18-21-15)12-4-3-6-19(12)13(20)8-11-9-22-7-5-16-11/h10-12,16H,3-9H2,1-2H3. The summed E-state index contributed by atoms with van der Waals surface area (Å²) in [5.74, 6) is 3.90. The van der Waals surface area contributed by atoms with E-state index in [1.165, 1.54) is 0 Å². The lowest BCUT2D eigenvalue weighted by Crippen LogP contribution is -2.42. The highest BCUT2D eigenvalue weighted by molar-refractivity contribution is 7.99. The Morgan fingerprint density at radius 3 is 3.09 bits per heavy atom. The fraction of sp³-hybridized carbons (Fsp3) is 0.800. The minimum Gasteiger partial charge on any atom is -0.339 e. The summed E-state index contributed by atoms with van der Waals surface area (Å²) in [7, 11) is 0. The van der Waals surface area contributed by atoms with E-state index >= 15 is 0 Å². The Kier molecular flexibility index (Phi) is 5.03. The van der Waals surface area contributed by atoms with E-state index in [2.05, 4.69) is 15.5 Å². The molecule has 0 saturated carbocycles. The van der Waals surface area contributed by atoms with Crippen LogP contribution in [0.5, 0.6) is 0 Å². The van der Waals surface area contributed by atoms with Gasteiger partial charge in [0.15, 0.2) is 5.82 Å². The van der Waals surface area contributed by atoms with Gasteiger partial charge in [-0.3, -0.25) is 4.79 Å². The second-order valence-corrected chi connectivity index (χ2v) is 7.47. The summed E-state index contributed by atoms with van der Waals surface area (Å²) in [6, 6.07) is 0.281. The molecule has 2 saturated heterocycles. The van der Waals surface area contributed by atoms with Gasteiger partial charge in [0.05, 0.1) is 6.04 Å². The van der Waals surface area contributed by atoms with Gasteiger partial charge in [-0.05, 0) is 12.8 Å². The van der Waals surface area contributed by atoms with Gasteiger partial charge in [-0.25, -0.2) is 0 Å². The summed E-state index contributed by atoms with van der Waals surface area (Å²) in [5.41, 5.74) is 0. The third kappa shape index (κ3) is 3.46. The number of nitrogens with zero attached hydrogens (tertiary/aromatic N) is 3. The number of hydrogen-bond acceptors (Lipinski definition) is 6. The summed E-state index contributed by atoms with van der Waals surface area (Å²) in [6.45, 7) is 5.85. The van der Waals surface area contributed by atoms with Crippen molar-refractivity contribution >= 4 is 17.7 Å². The van der Waals surface area contributed by atoms with E-state index in [-0.39, 0.29) is 17.9 Å². The molecule has 2 unspecified atom stereocenters. The maximum atomic E-state index is 12.6. The molecule has 1 amide bonds. The first-order chi connectivity index (χ1) is 10.6. The highest BCUT2D eigenvalue weighted by atomic mass is 32.2. The van der Waals surface area contributed by atoms with E-state index in [1.54, 1.807) is 0 Å². The lowest BCUT2D eigenvalue weighted by molar-refractivity contribution is -0.132. The zero-order valence-corrected chi connectivity index (χ0v) is 14.1. The highest BCUT2D eigenvalue weighted by Crippen LogP contribution is 2.31. The van der Waals surface area contributed by atoms with Crippen LogP contribution in [0.2, 0.25) is 0 Å². The average Bonchev–Trinajstić information content (AvgIpc) is 3.17. The third-order valence-corrected chi connectivity index (χ3v) is 5.37. The van der Waals surface area contributed by atoms with Gasteiger partial charge >= 0.3 is 0 Å². The number of carbonyl (C=O) groups is 1. The Bertz CT molecular complexity index is 513. The maximum absolute atomic E-state index is 12.6. The Balaban J connectivity index is 1.65. The summed E-state index contributed by atoms with van der Waals surface area (Å²) in [5, 5.41) is 7.53. The Labute approximate surface area is 135 Å². The minimum atomic E-state index is -0.0139. The molecule has 0 aromatic carbocycles. The van der Waals surface area contributed by atoms with Crippen molar-refractivity contribution in [1.82, 2.24) is 20.4 Å². The minimum absolute atomic E-state index is 0.0139. The van der Waals surface area contributed by atoms with E-state index in [4.69, 9.17) is 4.52 Å². The van der Waals surface area contributed by atoms with Gasteiger partial charge in [-0.1, -0.05) is 19.0 Å². The van der Waals surface area contributed by atoms with Crippen LogP contribution >= 0.6 is 11.8 Å². The first kappa shape index (κ1) is 15.8. The molecule has 6 nitrogen and oxygen atoms in total. The first-order valence-electron chi connectivity index (χ1n) is 8.09. The molecule has 22 heavy (non-hydrogen) atoms. The van der Waals surface area contributed by atoms with Crippen LogP contribution in [-0.2, 0) is 4.79 Å².